The number of nitriles is 2. The van der Waals surface area contributed by atoms with Crippen LogP contribution in [0.3, 0.4) is 0 Å². The van der Waals surface area contributed by atoms with Gasteiger partial charge in [-0.25, -0.2) is 0 Å². The van der Waals surface area contributed by atoms with Crippen LogP contribution in [0.2, 0.25) is 0 Å². The third kappa shape index (κ3) is 7.95. The molecule has 0 aliphatic rings. The lowest BCUT2D eigenvalue weighted by molar-refractivity contribution is -0.104. The fourth-order valence-electron chi connectivity index (χ4n) is 0.750. The Labute approximate surface area is 88.9 Å². The molecule has 1 aromatic carbocycles. The first-order chi connectivity index (χ1) is 7.35. The molecular formula is C12H10N2O. The Kier molecular flexibility index (Phi) is 8.15. The number of hydrogen-bond donors (Lipinski definition) is 0. The third-order valence-electron chi connectivity index (χ3n) is 1.32. The minimum absolute atomic E-state index is 0. The second kappa shape index (κ2) is 9.70. The second-order valence-electron chi connectivity index (χ2n) is 2.40. The van der Waals surface area contributed by atoms with Gasteiger partial charge in [-0.05, 0) is 11.6 Å². The van der Waals surface area contributed by atoms with Crippen LogP contribution in [-0.4, -0.2) is 6.29 Å². The number of rotatable bonds is 2. The molecule has 0 aromatic heterocycles. The molecule has 0 heterocycles. The van der Waals surface area contributed by atoms with Crippen LogP contribution in [0.5, 0.6) is 0 Å². The van der Waals surface area contributed by atoms with Gasteiger partial charge in [0.1, 0.15) is 12.7 Å². The number of aldehydes is 1. The van der Waals surface area contributed by atoms with E-state index in [0.717, 1.165) is 11.8 Å². The van der Waals surface area contributed by atoms with Crippen molar-refractivity contribution in [2.75, 3.05) is 0 Å². The van der Waals surface area contributed by atoms with Gasteiger partial charge in [0.15, 0.2) is 0 Å². The van der Waals surface area contributed by atoms with Crippen LogP contribution in [-0.2, 0) is 4.79 Å². The van der Waals surface area contributed by atoms with E-state index in [1.54, 1.807) is 18.2 Å². The van der Waals surface area contributed by atoms with Crippen LogP contribution in [0.25, 0.3) is 6.08 Å². The molecule has 1 rings (SSSR count). The number of hydrogen-bond acceptors (Lipinski definition) is 3. The topological polar surface area (TPSA) is 64.7 Å². The van der Waals surface area contributed by atoms with E-state index < -0.39 is 0 Å². The van der Waals surface area contributed by atoms with E-state index in [1.165, 1.54) is 6.08 Å². The van der Waals surface area contributed by atoms with Gasteiger partial charge in [0.2, 0.25) is 0 Å². The summed E-state index contributed by atoms with van der Waals surface area (Å²) in [5.41, 5.74) is 1.05. The molecule has 0 fully saturated rings. The standard InChI is InChI=1S/C9H8O.C3H2N2/c10-8-4-7-9-5-2-1-3-6-9;4-2-1-3-5/h1-8H;1H2/b7-4-;. The molecule has 0 saturated carbocycles. The first kappa shape index (κ1) is 12.6. The Morgan fingerprint density at radius 2 is 1.73 bits per heavy atom. The summed E-state index contributed by atoms with van der Waals surface area (Å²) in [6, 6.07) is 13.0. The maximum atomic E-state index is 9.89. The monoisotopic (exact) mass is 198 g/mol. The maximum Gasteiger partial charge on any atom is 0.142 e. The van der Waals surface area contributed by atoms with Crippen LogP contribution < -0.4 is 0 Å². The summed E-state index contributed by atoms with van der Waals surface area (Å²) in [6.07, 6.45) is 4.02. The van der Waals surface area contributed by atoms with Gasteiger partial charge in [-0.1, -0.05) is 36.4 Å². The highest BCUT2D eigenvalue weighted by Gasteiger charge is 1.79. The largest absolute Gasteiger partial charge is 0.299 e. The summed E-state index contributed by atoms with van der Waals surface area (Å²) < 4.78 is 0. The van der Waals surface area contributed by atoms with Gasteiger partial charge in [-0.2, -0.15) is 10.5 Å². The molecule has 0 amide bonds. The highest BCUT2D eigenvalue weighted by molar-refractivity contribution is 5.73. The molecular weight excluding hydrogens is 188 g/mol. The predicted molar refractivity (Wildman–Crippen MR) is 57.4 cm³/mol. The first-order valence-corrected chi connectivity index (χ1v) is 4.26. The molecule has 15 heavy (non-hydrogen) atoms. The van der Waals surface area contributed by atoms with E-state index in [0.29, 0.717) is 0 Å². The SMILES string of the molecule is N#CCC#N.O=C/C=C\c1ccccc1. The molecule has 0 atom stereocenters. The Bertz CT molecular complexity index is 370. The predicted octanol–water partition coefficient (Wildman–Crippen LogP) is 2.32. The molecule has 3 nitrogen and oxygen atoms in total. The molecule has 0 aliphatic carbocycles. The van der Waals surface area contributed by atoms with Crippen LogP contribution in [0, 0.1) is 22.7 Å². The Hall–Kier alpha value is -2.39. The Morgan fingerprint density at radius 1 is 1.13 bits per heavy atom. The smallest absolute Gasteiger partial charge is 0.142 e. The molecule has 3 heteroatoms. The van der Waals surface area contributed by atoms with Crippen LogP contribution in [0.1, 0.15) is 12.0 Å². The molecule has 74 valence electrons. The highest BCUT2D eigenvalue weighted by Crippen LogP contribution is 1.99. The van der Waals surface area contributed by atoms with Crippen LogP contribution in [0.15, 0.2) is 36.4 Å². The van der Waals surface area contributed by atoms with Crippen molar-refractivity contribution in [1.29, 1.82) is 10.5 Å². The summed E-state index contributed by atoms with van der Waals surface area (Å²) in [5, 5.41) is 15.2. The van der Waals surface area contributed by atoms with Gasteiger partial charge in [-0.3, -0.25) is 4.79 Å². The molecule has 0 bridgehead atoms. The molecule has 0 N–H and O–H groups in total. The van der Waals surface area contributed by atoms with E-state index in [4.69, 9.17) is 10.5 Å². The molecule has 0 saturated heterocycles. The molecule has 0 aliphatic heterocycles. The Balaban J connectivity index is 0.000000336. The average molecular weight is 198 g/mol. The maximum absolute atomic E-state index is 9.89. The van der Waals surface area contributed by atoms with Crippen molar-refractivity contribution in [2.24, 2.45) is 0 Å². The summed E-state index contributed by atoms with van der Waals surface area (Å²) in [5.74, 6) is 0. The van der Waals surface area contributed by atoms with Crippen molar-refractivity contribution in [3.63, 3.8) is 0 Å². The zero-order valence-corrected chi connectivity index (χ0v) is 8.13. The normalized spacial score (nSPS) is 8.13. The van der Waals surface area contributed by atoms with Crippen molar-refractivity contribution >= 4 is 12.4 Å². The summed E-state index contributed by atoms with van der Waals surface area (Å²) in [6.45, 7) is 0. The second-order valence-corrected chi connectivity index (χ2v) is 2.40. The average Bonchev–Trinajstić information content (AvgIpc) is 2.30. The number of nitrogens with zero attached hydrogens (tertiary/aromatic N) is 2. The molecule has 0 unspecified atom stereocenters. The quantitative estimate of drug-likeness (QED) is 0.541. The van der Waals surface area contributed by atoms with Crippen LogP contribution >= 0.6 is 0 Å². The van der Waals surface area contributed by atoms with Gasteiger partial charge in [0.05, 0.1) is 12.1 Å². The van der Waals surface area contributed by atoms with E-state index in [9.17, 15) is 4.79 Å². The molecule has 0 spiro atoms. The van der Waals surface area contributed by atoms with Gasteiger partial charge < -0.3 is 0 Å². The Morgan fingerprint density at radius 3 is 2.13 bits per heavy atom. The fraction of sp³-hybridized carbons (Fsp3) is 0.0833. The lowest BCUT2D eigenvalue weighted by atomic mass is 10.2. The molecule has 0 radical (unpaired) electrons. The van der Waals surface area contributed by atoms with E-state index in [2.05, 4.69) is 0 Å². The van der Waals surface area contributed by atoms with Crippen molar-refractivity contribution in [3.05, 3.63) is 42.0 Å². The summed E-state index contributed by atoms with van der Waals surface area (Å²) in [7, 11) is 0. The zero-order chi connectivity index (χ0) is 11.4. The minimum atomic E-state index is 0. The number of allylic oxidation sites excluding steroid dienone is 1. The number of carbonyl (C=O) groups excluding carboxylic acids is 1. The number of carbonyl (C=O) groups is 1. The summed E-state index contributed by atoms with van der Waals surface area (Å²) >= 11 is 0. The fourth-order valence-corrected chi connectivity index (χ4v) is 0.750. The lowest BCUT2D eigenvalue weighted by Gasteiger charge is -1.86. The van der Waals surface area contributed by atoms with Gasteiger partial charge in [0.25, 0.3) is 0 Å². The molecule has 1 aromatic rings. The lowest BCUT2D eigenvalue weighted by Crippen LogP contribution is -1.67. The van der Waals surface area contributed by atoms with Crippen molar-refractivity contribution in [3.8, 4) is 12.1 Å². The van der Waals surface area contributed by atoms with Crippen molar-refractivity contribution < 1.29 is 4.79 Å². The van der Waals surface area contributed by atoms with Gasteiger partial charge >= 0.3 is 0 Å². The van der Waals surface area contributed by atoms with Crippen molar-refractivity contribution in [1.82, 2.24) is 0 Å². The van der Waals surface area contributed by atoms with Crippen LogP contribution in [0.4, 0.5) is 0 Å². The van der Waals surface area contributed by atoms with E-state index in [1.807, 2.05) is 30.3 Å². The number of benzene rings is 1. The van der Waals surface area contributed by atoms with Crippen molar-refractivity contribution in [2.45, 2.75) is 6.42 Å². The van der Waals surface area contributed by atoms with Gasteiger partial charge in [-0.15, -0.1) is 0 Å². The summed E-state index contributed by atoms with van der Waals surface area (Å²) in [4.78, 5) is 9.89. The third-order valence-corrected chi connectivity index (χ3v) is 1.32. The highest BCUT2D eigenvalue weighted by atomic mass is 16.1. The first-order valence-electron chi connectivity index (χ1n) is 4.26. The van der Waals surface area contributed by atoms with E-state index in [-0.39, 0.29) is 6.42 Å². The van der Waals surface area contributed by atoms with E-state index >= 15 is 0 Å². The minimum Gasteiger partial charge on any atom is -0.299 e. The zero-order valence-electron chi connectivity index (χ0n) is 8.13. The van der Waals surface area contributed by atoms with Gasteiger partial charge in [0, 0.05) is 0 Å².